The Kier molecular flexibility index (Phi) is 6.57. The lowest BCUT2D eigenvalue weighted by Gasteiger charge is -2.24. The third kappa shape index (κ3) is 4.46. The number of nitrogens with one attached hydrogen (secondary N) is 1. The summed E-state index contributed by atoms with van der Waals surface area (Å²) in [7, 11) is 0. The molecule has 168 valence electrons. The number of aryl methyl sites for hydroxylation is 1. The highest BCUT2D eigenvalue weighted by Crippen LogP contribution is 2.25. The molecule has 3 aromatic rings. The lowest BCUT2D eigenvalue weighted by atomic mass is 10.1. The van der Waals surface area contributed by atoms with E-state index in [2.05, 4.69) is 4.98 Å². The fraction of sp³-hybridized carbons (Fsp3) is 0.286. The van der Waals surface area contributed by atoms with Crippen molar-refractivity contribution < 1.29 is 14.1 Å². The molecule has 11 heteroatoms. The summed E-state index contributed by atoms with van der Waals surface area (Å²) in [5.74, 6) is -0.527. The zero-order valence-electron chi connectivity index (χ0n) is 17.7. The maximum absolute atomic E-state index is 13.4. The number of benzene rings is 1. The van der Waals surface area contributed by atoms with E-state index in [-0.39, 0.29) is 35.8 Å². The average molecular weight is 441 g/mol. The van der Waals surface area contributed by atoms with Gasteiger partial charge in [0.1, 0.15) is 11.6 Å². The van der Waals surface area contributed by atoms with Crippen molar-refractivity contribution in [3.8, 4) is 0 Å². The molecule has 2 heterocycles. The fourth-order valence-corrected chi connectivity index (χ4v) is 3.28. The number of unbranched alkanes of at least 4 members (excludes halogenated alkanes) is 1. The van der Waals surface area contributed by atoms with E-state index in [9.17, 15) is 24.5 Å². The number of carbonyl (C=O) groups is 1. The van der Waals surface area contributed by atoms with Gasteiger partial charge in [0.15, 0.2) is 5.69 Å². The highest BCUT2D eigenvalue weighted by molar-refractivity contribution is 6.07. The van der Waals surface area contributed by atoms with Crippen molar-refractivity contribution in [3.63, 3.8) is 0 Å². The van der Waals surface area contributed by atoms with Gasteiger partial charge >= 0.3 is 5.69 Å². The van der Waals surface area contributed by atoms with E-state index < -0.39 is 22.1 Å². The lowest BCUT2D eigenvalue weighted by molar-refractivity contribution is -0.385. The highest BCUT2D eigenvalue weighted by atomic mass is 16.6. The Labute approximate surface area is 182 Å². The van der Waals surface area contributed by atoms with Gasteiger partial charge in [-0.2, -0.15) is 0 Å². The van der Waals surface area contributed by atoms with Crippen LogP contribution in [-0.4, -0.2) is 20.4 Å². The summed E-state index contributed by atoms with van der Waals surface area (Å²) in [6, 6.07) is 7.24. The Morgan fingerprint density at radius 1 is 1.31 bits per heavy atom. The molecule has 0 saturated carbocycles. The molecular formula is C21H23N5O6. The maximum atomic E-state index is 13.4. The third-order valence-electron chi connectivity index (χ3n) is 5.01. The van der Waals surface area contributed by atoms with E-state index in [4.69, 9.17) is 10.2 Å². The Bertz CT molecular complexity index is 1260. The number of anilines is 2. The minimum absolute atomic E-state index is 0.0148. The van der Waals surface area contributed by atoms with Crippen LogP contribution in [0.25, 0.3) is 0 Å². The van der Waals surface area contributed by atoms with Crippen LogP contribution in [0.4, 0.5) is 17.2 Å². The minimum atomic E-state index is -0.846. The molecule has 0 radical (unpaired) electrons. The van der Waals surface area contributed by atoms with Crippen LogP contribution in [0.3, 0.4) is 0 Å². The highest BCUT2D eigenvalue weighted by Gasteiger charge is 2.27. The van der Waals surface area contributed by atoms with Gasteiger partial charge in [0.05, 0.1) is 17.7 Å². The van der Waals surface area contributed by atoms with Crippen LogP contribution >= 0.6 is 0 Å². The average Bonchev–Trinajstić information content (AvgIpc) is 3.25. The molecule has 2 aromatic heterocycles. The number of rotatable bonds is 8. The molecule has 0 fully saturated rings. The summed E-state index contributed by atoms with van der Waals surface area (Å²) < 4.78 is 6.52. The molecule has 3 N–H and O–H groups in total. The number of carbonyl (C=O) groups excluding carboxylic acids is 1. The van der Waals surface area contributed by atoms with Crippen LogP contribution in [0, 0.1) is 17.0 Å². The molecule has 0 spiro atoms. The summed E-state index contributed by atoms with van der Waals surface area (Å²) in [4.78, 5) is 52.5. The van der Waals surface area contributed by atoms with Crippen molar-refractivity contribution in [1.29, 1.82) is 0 Å². The first-order valence-electron chi connectivity index (χ1n) is 9.96. The smallest absolute Gasteiger partial charge is 0.330 e. The number of furan rings is 1. The van der Waals surface area contributed by atoms with Gasteiger partial charge in [-0.25, -0.2) is 4.79 Å². The molecular weight excluding hydrogens is 418 g/mol. The molecule has 1 amide bonds. The molecule has 11 nitrogen and oxygen atoms in total. The number of nitro benzene ring substituents is 1. The van der Waals surface area contributed by atoms with E-state index in [0.717, 1.165) is 17.4 Å². The summed E-state index contributed by atoms with van der Waals surface area (Å²) in [6.07, 6.45) is 2.82. The van der Waals surface area contributed by atoms with Gasteiger partial charge in [-0.15, -0.1) is 0 Å². The van der Waals surface area contributed by atoms with Crippen molar-refractivity contribution in [3.05, 3.63) is 84.4 Å². The normalized spacial score (nSPS) is 10.8. The van der Waals surface area contributed by atoms with E-state index in [1.165, 1.54) is 23.0 Å². The first-order chi connectivity index (χ1) is 15.2. The molecule has 0 aliphatic heterocycles. The van der Waals surface area contributed by atoms with Gasteiger partial charge < -0.3 is 10.2 Å². The van der Waals surface area contributed by atoms with E-state index in [1.807, 2.05) is 6.92 Å². The van der Waals surface area contributed by atoms with Crippen LogP contribution in [0.5, 0.6) is 0 Å². The second-order valence-corrected chi connectivity index (χ2v) is 7.23. The summed E-state index contributed by atoms with van der Waals surface area (Å²) >= 11 is 0. The number of hydrogen-bond donors (Lipinski definition) is 2. The van der Waals surface area contributed by atoms with Gasteiger partial charge in [-0.05, 0) is 31.5 Å². The third-order valence-corrected chi connectivity index (χ3v) is 5.01. The SMILES string of the molecule is CCCCn1c(N)c(N(Cc2ccco2)C(=O)c2ccc(C)c([N+](=O)[O-])c2)c(=O)[nH]c1=O. The van der Waals surface area contributed by atoms with E-state index >= 15 is 0 Å². The van der Waals surface area contributed by atoms with Gasteiger partial charge in [-0.3, -0.25) is 34.2 Å². The summed E-state index contributed by atoms with van der Waals surface area (Å²) in [5.41, 5.74) is 4.56. The molecule has 32 heavy (non-hydrogen) atoms. The second kappa shape index (κ2) is 9.33. The predicted molar refractivity (Wildman–Crippen MR) is 118 cm³/mol. The van der Waals surface area contributed by atoms with Crippen molar-refractivity contribution in [1.82, 2.24) is 9.55 Å². The number of nitrogens with zero attached hydrogens (tertiary/aromatic N) is 3. The van der Waals surface area contributed by atoms with E-state index in [1.54, 1.807) is 19.1 Å². The molecule has 0 atom stereocenters. The van der Waals surface area contributed by atoms with Crippen molar-refractivity contribution >= 4 is 23.1 Å². The van der Waals surface area contributed by atoms with Gasteiger partial charge in [-0.1, -0.05) is 19.4 Å². The molecule has 0 aliphatic carbocycles. The number of aromatic amines is 1. The number of hydrogen-bond acceptors (Lipinski definition) is 7. The van der Waals surface area contributed by atoms with Crippen molar-refractivity contribution in [2.45, 2.75) is 39.8 Å². The lowest BCUT2D eigenvalue weighted by Crippen LogP contribution is -2.41. The van der Waals surface area contributed by atoms with Crippen LogP contribution in [0.15, 0.2) is 50.6 Å². The quantitative estimate of drug-likeness (QED) is 0.401. The Morgan fingerprint density at radius 2 is 2.06 bits per heavy atom. The van der Waals surface area contributed by atoms with Gasteiger partial charge in [0.2, 0.25) is 0 Å². The molecule has 0 bridgehead atoms. The van der Waals surface area contributed by atoms with Gasteiger partial charge in [0, 0.05) is 23.7 Å². The van der Waals surface area contributed by atoms with Crippen molar-refractivity contribution in [2.24, 2.45) is 0 Å². The maximum Gasteiger partial charge on any atom is 0.330 e. The largest absolute Gasteiger partial charge is 0.467 e. The van der Waals surface area contributed by atoms with Crippen LogP contribution < -0.4 is 21.9 Å². The Hall–Kier alpha value is -4.15. The second-order valence-electron chi connectivity index (χ2n) is 7.23. The number of nitro groups is 1. The monoisotopic (exact) mass is 441 g/mol. The standard InChI is InChI=1S/C21H23N5O6/c1-3-4-9-24-18(22)17(19(27)23-21(24)29)25(12-15-6-5-10-32-15)20(28)14-8-7-13(2)16(11-14)26(30)31/h5-8,10-11H,3-4,9,12,22H2,1-2H3,(H,23,27,29). The van der Waals surface area contributed by atoms with Crippen LogP contribution in [0.1, 0.15) is 41.4 Å². The molecule has 0 saturated heterocycles. The number of nitrogen functional groups attached to an aromatic ring is 1. The van der Waals surface area contributed by atoms with Crippen LogP contribution in [-0.2, 0) is 13.1 Å². The fourth-order valence-electron chi connectivity index (χ4n) is 3.28. The van der Waals surface area contributed by atoms with Crippen molar-refractivity contribution in [2.75, 3.05) is 10.6 Å². The predicted octanol–water partition coefficient (Wildman–Crippen LogP) is 2.58. The van der Waals surface area contributed by atoms with E-state index in [0.29, 0.717) is 17.7 Å². The van der Waals surface area contributed by atoms with Gasteiger partial charge in [0.25, 0.3) is 17.2 Å². The summed E-state index contributed by atoms with van der Waals surface area (Å²) in [5, 5.41) is 11.3. The number of nitrogens with two attached hydrogens (primary N) is 1. The molecule has 1 aromatic carbocycles. The minimum Gasteiger partial charge on any atom is -0.467 e. The first-order valence-corrected chi connectivity index (χ1v) is 9.96. The molecule has 3 rings (SSSR count). The molecule has 0 aliphatic rings. The first kappa shape index (κ1) is 22.5. The number of amides is 1. The zero-order chi connectivity index (χ0) is 23.4. The molecule has 0 unspecified atom stereocenters. The number of aromatic nitrogens is 2. The van der Waals surface area contributed by atoms with Crippen LogP contribution in [0.2, 0.25) is 0 Å². The Morgan fingerprint density at radius 3 is 2.69 bits per heavy atom. The zero-order valence-corrected chi connectivity index (χ0v) is 17.7. The topological polar surface area (TPSA) is 157 Å². The number of H-pyrrole nitrogens is 1. The Balaban J connectivity index is 2.17. The summed E-state index contributed by atoms with van der Waals surface area (Å²) in [6.45, 7) is 3.57.